The van der Waals surface area contributed by atoms with E-state index in [0.717, 1.165) is 19.3 Å². The molecule has 1 aliphatic carbocycles. The molecule has 0 radical (unpaired) electrons. The van der Waals surface area contributed by atoms with Crippen molar-refractivity contribution in [3.05, 3.63) is 0 Å². The van der Waals surface area contributed by atoms with E-state index in [9.17, 15) is 15.2 Å². The number of hydrogen-bond donors (Lipinski definition) is 2. The number of aliphatic hydroxyl groups is 1. The van der Waals surface area contributed by atoms with Crippen LogP contribution in [0.3, 0.4) is 0 Å². The average Bonchev–Trinajstić information content (AvgIpc) is 2.82. The van der Waals surface area contributed by atoms with Gasteiger partial charge in [0, 0.05) is 25.7 Å². The number of ether oxygens (including phenoxy) is 1. The standard InChI is InChI=1S/C13H20N2O3/c14-9-13(4-6-18-7-5-13)12(17)15-8-10-2-1-3-11(10)16/h10-11,16H,1-8H2,(H,15,17). The topological polar surface area (TPSA) is 82.4 Å². The summed E-state index contributed by atoms with van der Waals surface area (Å²) in [5.74, 6) is -0.0584. The predicted octanol–water partition coefficient (Wildman–Crippen LogP) is 0.584. The molecule has 2 unspecified atom stereocenters. The number of nitrogens with zero attached hydrogens (tertiary/aromatic N) is 1. The van der Waals surface area contributed by atoms with E-state index in [1.165, 1.54) is 0 Å². The van der Waals surface area contributed by atoms with E-state index in [2.05, 4.69) is 11.4 Å². The van der Waals surface area contributed by atoms with Crippen LogP contribution in [0.15, 0.2) is 0 Å². The molecule has 2 N–H and O–H groups in total. The summed E-state index contributed by atoms with van der Waals surface area (Å²) in [5, 5.41) is 21.8. The van der Waals surface area contributed by atoms with Crippen molar-refractivity contribution in [1.82, 2.24) is 5.32 Å². The van der Waals surface area contributed by atoms with Crippen LogP contribution < -0.4 is 5.32 Å². The highest BCUT2D eigenvalue weighted by Gasteiger charge is 2.40. The molecule has 0 bridgehead atoms. The fourth-order valence-corrected chi connectivity index (χ4v) is 2.76. The van der Waals surface area contributed by atoms with Crippen molar-refractivity contribution in [1.29, 1.82) is 5.26 Å². The van der Waals surface area contributed by atoms with Gasteiger partial charge in [-0.3, -0.25) is 4.79 Å². The maximum Gasteiger partial charge on any atom is 0.240 e. The molecule has 0 spiro atoms. The van der Waals surface area contributed by atoms with E-state index in [1.807, 2.05) is 0 Å². The molecule has 2 atom stereocenters. The van der Waals surface area contributed by atoms with Crippen molar-refractivity contribution < 1.29 is 14.6 Å². The van der Waals surface area contributed by atoms with Crippen LogP contribution in [-0.4, -0.2) is 36.9 Å². The summed E-state index contributed by atoms with van der Waals surface area (Å²) < 4.78 is 5.20. The van der Waals surface area contributed by atoms with Crippen molar-refractivity contribution in [3.63, 3.8) is 0 Å². The highest BCUT2D eigenvalue weighted by Crippen LogP contribution is 2.30. The van der Waals surface area contributed by atoms with Gasteiger partial charge in [0.1, 0.15) is 5.41 Å². The molecule has 0 aromatic carbocycles. The van der Waals surface area contributed by atoms with E-state index >= 15 is 0 Å². The SMILES string of the molecule is N#CC1(C(=O)NCC2CCCC2O)CCOCC1. The number of nitriles is 1. The van der Waals surface area contributed by atoms with Crippen molar-refractivity contribution in [2.24, 2.45) is 11.3 Å². The molecule has 1 heterocycles. The predicted molar refractivity (Wildman–Crippen MR) is 64.5 cm³/mol. The molecule has 1 saturated carbocycles. The Morgan fingerprint density at radius 1 is 1.44 bits per heavy atom. The van der Waals surface area contributed by atoms with Gasteiger partial charge in [-0.2, -0.15) is 5.26 Å². The van der Waals surface area contributed by atoms with Crippen molar-refractivity contribution >= 4 is 5.91 Å². The second-order valence-corrected chi connectivity index (χ2v) is 5.27. The van der Waals surface area contributed by atoms with Crippen molar-refractivity contribution in [2.45, 2.75) is 38.2 Å². The molecule has 0 aromatic rings. The van der Waals surface area contributed by atoms with Gasteiger partial charge in [0.15, 0.2) is 0 Å². The van der Waals surface area contributed by atoms with Crippen LogP contribution in [0, 0.1) is 22.7 Å². The normalized spacial score (nSPS) is 30.7. The lowest BCUT2D eigenvalue weighted by atomic mass is 9.80. The maximum atomic E-state index is 12.1. The van der Waals surface area contributed by atoms with Crippen LogP contribution in [0.25, 0.3) is 0 Å². The molecule has 5 nitrogen and oxygen atoms in total. The Morgan fingerprint density at radius 3 is 2.72 bits per heavy atom. The lowest BCUT2D eigenvalue weighted by Gasteiger charge is -2.29. The number of aliphatic hydroxyl groups excluding tert-OH is 1. The van der Waals surface area contributed by atoms with E-state index in [0.29, 0.717) is 32.6 Å². The average molecular weight is 252 g/mol. The lowest BCUT2D eigenvalue weighted by molar-refractivity contribution is -0.132. The number of carbonyl (C=O) groups is 1. The monoisotopic (exact) mass is 252 g/mol. The summed E-state index contributed by atoms with van der Waals surface area (Å²) in [6.07, 6.45) is 3.39. The third-order valence-electron chi connectivity index (χ3n) is 4.14. The third-order valence-corrected chi connectivity index (χ3v) is 4.14. The number of hydrogen-bond acceptors (Lipinski definition) is 4. The Hall–Kier alpha value is -1.12. The smallest absolute Gasteiger partial charge is 0.240 e. The fraction of sp³-hybridized carbons (Fsp3) is 0.846. The van der Waals surface area contributed by atoms with E-state index in [4.69, 9.17) is 4.74 Å². The maximum absolute atomic E-state index is 12.1. The minimum atomic E-state index is -0.929. The molecule has 2 aliphatic rings. The van der Waals surface area contributed by atoms with Gasteiger partial charge in [-0.25, -0.2) is 0 Å². The Balaban J connectivity index is 1.88. The molecule has 1 amide bonds. The number of rotatable bonds is 3. The van der Waals surface area contributed by atoms with Crippen molar-refractivity contribution in [2.75, 3.05) is 19.8 Å². The van der Waals surface area contributed by atoms with Gasteiger partial charge in [0.2, 0.25) is 5.91 Å². The number of amides is 1. The third kappa shape index (κ3) is 2.65. The van der Waals surface area contributed by atoms with E-state index in [1.54, 1.807) is 0 Å². The second kappa shape index (κ2) is 5.68. The first-order valence-electron chi connectivity index (χ1n) is 6.63. The van der Waals surface area contributed by atoms with Crippen LogP contribution >= 0.6 is 0 Å². The number of nitrogens with one attached hydrogen (secondary N) is 1. The van der Waals surface area contributed by atoms with Gasteiger partial charge >= 0.3 is 0 Å². The largest absolute Gasteiger partial charge is 0.393 e. The summed E-state index contributed by atoms with van der Waals surface area (Å²) in [6, 6.07) is 2.15. The summed E-state index contributed by atoms with van der Waals surface area (Å²) in [5.41, 5.74) is -0.929. The molecular weight excluding hydrogens is 232 g/mol. The van der Waals surface area contributed by atoms with Crippen LogP contribution in [0.4, 0.5) is 0 Å². The van der Waals surface area contributed by atoms with Gasteiger partial charge < -0.3 is 15.2 Å². The van der Waals surface area contributed by atoms with E-state index < -0.39 is 5.41 Å². The zero-order valence-corrected chi connectivity index (χ0v) is 10.5. The summed E-state index contributed by atoms with van der Waals surface area (Å²) in [6.45, 7) is 1.41. The molecule has 100 valence electrons. The molecule has 5 heteroatoms. The van der Waals surface area contributed by atoms with Gasteiger partial charge in [0.25, 0.3) is 0 Å². The quantitative estimate of drug-likeness (QED) is 0.770. The fourth-order valence-electron chi connectivity index (χ4n) is 2.76. The summed E-state index contributed by atoms with van der Waals surface area (Å²) in [7, 11) is 0. The highest BCUT2D eigenvalue weighted by atomic mass is 16.5. The van der Waals surface area contributed by atoms with Gasteiger partial charge in [-0.1, -0.05) is 6.42 Å². The first-order valence-corrected chi connectivity index (χ1v) is 6.63. The first kappa shape index (κ1) is 13.3. The molecule has 2 fully saturated rings. The Morgan fingerprint density at radius 2 is 2.17 bits per heavy atom. The molecule has 18 heavy (non-hydrogen) atoms. The zero-order chi connectivity index (χ0) is 13.0. The minimum absolute atomic E-state index is 0.143. The molecule has 1 aliphatic heterocycles. The van der Waals surface area contributed by atoms with Crippen LogP contribution in [-0.2, 0) is 9.53 Å². The first-order chi connectivity index (χ1) is 8.68. The van der Waals surface area contributed by atoms with Crippen LogP contribution in [0.1, 0.15) is 32.1 Å². The van der Waals surface area contributed by atoms with Crippen LogP contribution in [0.2, 0.25) is 0 Å². The van der Waals surface area contributed by atoms with Gasteiger partial charge in [0.05, 0.1) is 12.2 Å². The summed E-state index contributed by atoms with van der Waals surface area (Å²) >= 11 is 0. The highest BCUT2D eigenvalue weighted by molar-refractivity contribution is 5.85. The van der Waals surface area contributed by atoms with Gasteiger partial charge in [-0.05, 0) is 25.7 Å². The molecule has 1 saturated heterocycles. The van der Waals surface area contributed by atoms with E-state index in [-0.39, 0.29) is 17.9 Å². The van der Waals surface area contributed by atoms with Crippen LogP contribution in [0.5, 0.6) is 0 Å². The Bertz CT molecular complexity index is 345. The molecule has 0 aromatic heterocycles. The minimum Gasteiger partial charge on any atom is -0.393 e. The van der Waals surface area contributed by atoms with Crippen molar-refractivity contribution in [3.8, 4) is 6.07 Å². The molecular formula is C13H20N2O3. The zero-order valence-electron chi connectivity index (χ0n) is 10.5. The Labute approximate surface area is 107 Å². The molecule has 2 rings (SSSR count). The Kier molecular flexibility index (Phi) is 4.20. The number of carbonyl (C=O) groups excluding carboxylic acids is 1. The van der Waals surface area contributed by atoms with Gasteiger partial charge in [-0.15, -0.1) is 0 Å². The lowest BCUT2D eigenvalue weighted by Crippen LogP contribution is -2.45. The summed E-state index contributed by atoms with van der Waals surface area (Å²) in [4.78, 5) is 12.1. The second-order valence-electron chi connectivity index (χ2n) is 5.27.